The lowest BCUT2D eigenvalue weighted by atomic mass is 9.97. The number of benzene rings is 2. The first-order chi connectivity index (χ1) is 11.3. The van der Waals surface area contributed by atoms with Crippen LogP contribution in [0.3, 0.4) is 0 Å². The highest BCUT2D eigenvalue weighted by Gasteiger charge is 2.23. The minimum absolute atomic E-state index is 0.0597. The summed E-state index contributed by atoms with van der Waals surface area (Å²) in [6, 6.07) is 16.3. The molecule has 2 rings (SSSR count). The first-order valence-corrected chi connectivity index (χ1v) is 7.96. The molecule has 0 saturated heterocycles. The second kappa shape index (κ2) is 7.93. The number of thiocarbonyl (C=S) groups is 1. The Morgan fingerprint density at radius 3 is 2.08 bits per heavy atom. The summed E-state index contributed by atoms with van der Waals surface area (Å²) in [5.74, 6) is 0.859. The first-order valence-electron chi connectivity index (χ1n) is 7.55. The van der Waals surface area contributed by atoms with Gasteiger partial charge in [0.25, 0.3) is 0 Å². The number of rotatable bonds is 4. The SMILES string of the molecule is CC(C)(C)C(=O)Oc1ccc(COC(=S)Oc2ccccc2)cc1. The summed E-state index contributed by atoms with van der Waals surface area (Å²) in [5, 5.41) is 0.0597. The second-order valence-corrected chi connectivity index (χ2v) is 6.57. The zero-order valence-electron chi connectivity index (χ0n) is 13.9. The molecule has 0 aromatic heterocycles. The maximum Gasteiger partial charge on any atom is 0.358 e. The van der Waals surface area contributed by atoms with Crippen molar-refractivity contribution in [2.24, 2.45) is 5.41 Å². The second-order valence-electron chi connectivity index (χ2n) is 6.24. The number of hydrogen-bond donors (Lipinski definition) is 0. The lowest BCUT2D eigenvalue weighted by Crippen LogP contribution is -2.25. The van der Waals surface area contributed by atoms with E-state index in [2.05, 4.69) is 0 Å². The fraction of sp³-hybridized carbons (Fsp3) is 0.263. The van der Waals surface area contributed by atoms with Gasteiger partial charge in [-0.1, -0.05) is 30.3 Å². The summed E-state index contributed by atoms with van der Waals surface area (Å²) < 4.78 is 16.1. The molecule has 0 aliphatic carbocycles. The van der Waals surface area contributed by atoms with Gasteiger partial charge >= 0.3 is 11.2 Å². The molecule has 4 nitrogen and oxygen atoms in total. The normalized spacial score (nSPS) is 10.8. The van der Waals surface area contributed by atoms with Gasteiger partial charge in [-0.15, -0.1) is 0 Å². The highest BCUT2D eigenvalue weighted by Crippen LogP contribution is 2.20. The summed E-state index contributed by atoms with van der Waals surface area (Å²) in [4.78, 5) is 11.8. The number of para-hydroxylation sites is 1. The average molecular weight is 344 g/mol. The van der Waals surface area contributed by atoms with E-state index in [1.165, 1.54) is 0 Å². The number of carbonyl (C=O) groups is 1. The molecule has 0 amide bonds. The Balaban J connectivity index is 1.83. The molecule has 2 aromatic carbocycles. The van der Waals surface area contributed by atoms with Gasteiger partial charge < -0.3 is 14.2 Å². The minimum Gasteiger partial charge on any atom is -0.452 e. The summed E-state index contributed by atoms with van der Waals surface area (Å²) in [7, 11) is 0. The Labute approximate surface area is 147 Å². The van der Waals surface area contributed by atoms with Crippen LogP contribution < -0.4 is 9.47 Å². The predicted molar refractivity (Wildman–Crippen MR) is 96.0 cm³/mol. The van der Waals surface area contributed by atoms with Gasteiger partial charge in [-0.05, 0) is 50.6 Å². The molecule has 0 N–H and O–H groups in total. The van der Waals surface area contributed by atoms with Crippen LogP contribution in [0.5, 0.6) is 11.5 Å². The summed E-state index contributed by atoms with van der Waals surface area (Å²) in [5.41, 5.74) is 0.354. The van der Waals surface area contributed by atoms with E-state index in [4.69, 9.17) is 26.4 Å². The quantitative estimate of drug-likeness (QED) is 0.463. The average Bonchev–Trinajstić information content (AvgIpc) is 2.54. The molecular weight excluding hydrogens is 324 g/mol. The van der Waals surface area contributed by atoms with Gasteiger partial charge in [-0.25, -0.2) is 0 Å². The minimum atomic E-state index is -0.539. The third-order valence-corrected chi connectivity index (χ3v) is 3.25. The third-order valence-electron chi connectivity index (χ3n) is 3.05. The van der Waals surface area contributed by atoms with Gasteiger partial charge in [0.2, 0.25) is 0 Å². The van der Waals surface area contributed by atoms with Crippen LogP contribution in [0, 0.1) is 5.41 Å². The highest BCUT2D eigenvalue weighted by molar-refractivity contribution is 7.79. The van der Waals surface area contributed by atoms with Gasteiger partial charge in [0.1, 0.15) is 18.1 Å². The van der Waals surface area contributed by atoms with Crippen LogP contribution in [0.15, 0.2) is 54.6 Å². The van der Waals surface area contributed by atoms with Crippen molar-refractivity contribution in [3.8, 4) is 11.5 Å². The molecule has 0 unspecified atom stereocenters. The lowest BCUT2D eigenvalue weighted by molar-refractivity contribution is -0.142. The van der Waals surface area contributed by atoms with E-state index in [0.717, 1.165) is 5.56 Å². The Hall–Kier alpha value is -2.40. The Morgan fingerprint density at radius 2 is 1.50 bits per heavy atom. The number of esters is 1. The van der Waals surface area contributed by atoms with E-state index in [9.17, 15) is 4.79 Å². The molecule has 0 aliphatic rings. The standard InChI is InChI=1S/C19H20O4S/c1-19(2,3)17(20)22-16-11-9-14(10-12-16)13-21-18(24)23-15-7-5-4-6-8-15/h4-12H,13H2,1-3H3. The van der Waals surface area contributed by atoms with Crippen molar-refractivity contribution >= 4 is 23.4 Å². The van der Waals surface area contributed by atoms with Crippen LogP contribution in [0.25, 0.3) is 0 Å². The maximum absolute atomic E-state index is 11.8. The summed E-state index contributed by atoms with van der Waals surface area (Å²) >= 11 is 5.05. The van der Waals surface area contributed by atoms with Crippen LogP contribution in [0.4, 0.5) is 0 Å². The Kier molecular flexibility index (Phi) is 5.93. The lowest BCUT2D eigenvalue weighted by Gasteiger charge is -2.16. The van der Waals surface area contributed by atoms with E-state index < -0.39 is 5.41 Å². The number of ether oxygens (including phenoxy) is 3. The number of carbonyl (C=O) groups excluding carboxylic acids is 1. The predicted octanol–water partition coefficient (Wildman–Crippen LogP) is 4.52. The van der Waals surface area contributed by atoms with Crippen molar-refractivity contribution < 1.29 is 19.0 Å². The molecule has 5 heteroatoms. The molecule has 2 aromatic rings. The van der Waals surface area contributed by atoms with Gasteiger partial charge in [-0.2, -0.15) is 0 Å². The van der Waals surface area contributed by atoms with Crippen molar-refractivity contribution in [2.75, 3.05) is 0 Å². The summed E-state index contributed by atoms with van der Waals surface area (Å²) in [6.45, 7) is 5.71. The molecular formula is C19H20O4S. The first kappa shape index (κ1) is 17.9. The summed E-state index contributed by atoms with van der Waals surface area (Å²) in [6.07, 6.45) is 0. The molecule has 0 saturated carbocycles. The highest BCUT2D eigenvalue weighted by atomic mass is 32.1. The van der Waals surface area contributed by atoms with Crippen LogP contribution in [0.1, 0.15) is 26.3 Å². The third kappa shape index (κ3) is 5.66. The zero-order valence-corrected chi connectivity index (χ0v) is 14.8. The van der Waals surface area contributed by atoms with Gasteiger partial charge in [0, 0.05) is 12.2 Å². The fourth-order valence-electron chi connectivity index (χ4n) is 1.67. The van der Waals surface area contributed by atoms with E-state index in [0.29, 0.717) is 11.5 Å². The molecule has 0 spiro atoms. The fourth-order valence-corrected chi connectivity index (χ4v) is 1.83. The van der Waals surface area contributed by atoms with E-state index in [1.807, 2.05) is 51.1 Å². The molecule has 126 valence electrons. The van der Waals surface area contributed by atoms with Gasteiger partial charge in [0.05, 0.1) is 5.41 Å². The van der Waals surface area contributed by atoms with Crippen molar-refractivity contribution in [3.05, 3.63) is 60.2 Å². The monoisotopic (exact) mass is 344 g/mol. The van der Waals surface area contributed by atoms with Crippen molar-refractivity contribution in [2.45, 2.75) is 27.4 Å². The van der Waals surface area contributed by atoms with Crippen LogP contribution >= 0.6 is 12.2 Å². The molecule has 0 radical (unpaired) electrons. The van der Waals surface area contributed by atoms with Crippen LogP contribution in [0.2, 0.25) is 0 Å². The molecule has 24 heavy (non-hydrogen) atoms. The Morgan fingerprint density at radius 1 is 0.917 bits per heavy atom. The zero-order chi connectivity index (χ0) is 17.6. The van der Waals surface area contributed by atoms with Crippen LogP contribution in [-0.2, 0) is 16.1 Å². The van der Waals surface area contributed by atoms with E-state index in [1.54, 1.807) is 24.3 Å². The smallest absolute Gasteiger partial charge is 0.358 e. The molecule has 0 fully saturated rings. The Bertz CT molecular complexity index is 688. The van der Waals surface area contributed by atoms with Crippen molar-refractivity contribution in [1.29, 1.82) is 0 Å². The molecule has 0 heterocycles. The van der Waals surface area contributed by atoms with Crippen molar-refractivity contribution in [1.82, 2.24) is 0 Å². The molecule has 0 bridgehead atoms. The van der Waals surface area contributed by atoms with Crippen LogP contribution in [-0.4, -0.2) is 11.2 Å². The molecule has 0 atom stereocenters. The van der Waals surface area contributed by atoms with Crippen molar-refractivity contribution in [3.63, 3.8) is 0 Å². The topological polar surface area (TPSA) is 44.8 Å². The van der Waals surface area contributed by atoms with E-state index >= 15 is 0 Å². The van der Waals surface area contributed by atoms with E-state index in [-0.39, 0.29) is 17.8 Å². The molecule has 0 aliphatic heterocycles. The van der Waals surface area contributed by atoms with Gasteiger partial charge in [0.15, 0.2) is 0 Å². The number of hydrogen-bond acceptors (Lipinski definition) is 5. The maximum atomic E-state index is 11.8. The largest absolute Gasteiger partial charge is 0.452 e. The van der Waals surface area contributed by atoms with Gasteiger partial charge in [-0.3, -0.25) is 4.79 Å².